The molecule has 28 heavy (non-hydrogen) atoms. The van der Waals surface area contributed by atoms with E-state index in [2.05, 4.69) is 34.1 Å². The molecule has 0 spiro atoms. The van der Waals surface area contributed by atoms with Crippen LogP contribution in [0.5, 0.6) is 11.5 Å². The summed E-state index contributed by atoms with van der Waals surface area (Å²) in [6, 6.07) is 16.0. The third-order valence-electron chi connectivity index (χ3n) is 5.47. The Hall–Kier alpha value is -3.15. The van der Waals surface area contributed by atoms with Gasteiger partial charge in [0.05, 0.1) is 25.4 Å². The lowest BCUT2D eigenvalue weighted by atomic mass is 10.1. The number of hydrogen-bond acceptors (Lipinski definition) is 5. The molecule has 1 saturated heterocycles. The largest absolute Gasteiger partial charge is 0.493 e. The molecule has 0 radical (unpaired) electrons. The number of methoxy groups -OCH3 is 2. The van der Waals surface area contributed by atoms with E-state index in [1.807, 2.05) is 18.2 Å². The summed E-state index contributed by atoms with van der Waals surface area (Å²) in [6.45, 7) is 3.53. The van der Waals surface area contributed by atoms with Gasteiger partial charge < -0.3 is 23.8 Å². The van der Waals surface area contributed by atoms with E-state index in [4.69, 9.17) is 9.47 Å². The highest BCUT2D eigenvalue weighted by Crippen LogP contribution is 2.36. The maximum absolute atomic E-state index is 12.6. The fourth-order valence-corrected chi connectivity index (χ4v) is 3.87. The smallest absolute Gasteiger partial charge is 0.252 e. The van der Waals surface area contributed by atoms with Crippen molar-refractivity contribution in [1.82, 2.24) is 4.57 Å². The average molecular weight is 379 g/mol. The van der Waals surface area contributed by atoms with Gasteiger partial charge in [0.1, 0.15) is 0 Å². The van der Waals surface area contributed by atoms with Gasteiger partial charge in [0.2, 0.25) is 0 Å². The monoisotopic (exact) mass is 379 g/mol. The van der Waals surface area contributed by atoms with Gasteiger partial charge >= 0.3 is 0 Å². The Balaban J connectivity index is 1.71. The van der Waals surface area contributed by atoms with E-state index in [9.17, 15) is 4.79 Å². The normalized spacial score (nSPS) is 14.4. The second-order valence-electron chi connectivity index (χ2n) is 6.96. The first-order valence-corrected chi connectivity index (χ1v) is 9.43. The molecule has 0 bridgehead atoms. The van der Waals surface area contributed by atoms with Crippen molar-refractivity contribution in [1.29, 1.82) is 0 Å². The lowest BCUT2D eigenvalue weighted by molar-refractivity contribution is 0.355. The summed E-state index contributed by atoms with van der Waals surface area (Å²) in [5.41, 5.74) is 3.00. The minimum atomic E-state index is -0.0276. The number of ether oxygens (including phenoxy) is 2. The van der Waals surface area contributed by atoms with E-state index >= 15 is 0 Å². The van der Waals surface area contributed by atoms with Crippen LogP contribution < -0.4 is 24.8 Å². The molecule has 1 aromatic heterocycles. The van der Waals surface area contributed by atoms with Crippen molar-refractivity contribution in [2.24, 2.45) is 7.05 Å². The van der Waals surface area contributed by atoms with Crippen molar-refractivity contribution in [3.05, 3.63) is 58.9 Å². The van der Waals surface area contributed by atoms with Crippen LogP contribution in [0.2, 0.25) is 0 Å². The summed E-state index contributed by atoms with van der Waals surface area (Å²) in [7, 11) is 5.02. The number of para-hydroxylation sites is 1. The Morgan fingerprint density at radius 1 is 0.821 bits per heavy atom. The van der Waals surface area contributed by atoms with Crippen LogP contribution in [0.15, 0.2) is 53.3 Å². The Kier molecular flexibility index (Phi) is 4.86. The zero-order valence-electron chi connectivity index (χ0n) is 16.5. The Morgan fingerprint density at radius 2 is 1.43 bits per heavy atom. The van der Waals surface area contributed by atoms with E-state index in [0.717, 1.165) is 42.8 Å². The van der Waals surface area contributed by atoms with Gasteiger partial charge in [0, 0.05) is 56.4 Å². The number of nitrogens with zero attached hydrogens (tertiary/aromatic N) is 3. The summed E-state index contributed by atoms with van der Waals surface area (Å²) >= 11 is 0. The molecule has 2 heterocycles. The first kappa shape index (κ1) is 18.2. The molecular weight excluding hydrogens is 354 g/mol. The summed E-state index contributed by atoms with van der Waals surface area (Å²) in [5.74, 6) is 1.29. The molecule has 1 fully saturated rings. The van der Waals surface area contributed by atoms with Crippen molar-refractivity contribution in [3.8, 4) is 11.5 Å². The topological polar surface area (TPSA) is 46.9 Å². The fourth-order valence-electron chi connectivity index (χ4n) is 3.87. The minimum absolute atomic E-state index is 0.0276. The molecule has 1 aliphatic heterocycles. The van der Waals surface area contributed by atoms with Crippen molar-refractivity contribution < 1.29 is 9.47 Å². The predicted octanol–water partition coefficient (Wildman–Crippen LogP) is 2.88. The highest BCUT2D eigenvalue weighted by Gasteiger charge is 2.21. The highest BCUT2D eigenvalue weighted by atomic mass is 16.5. The Morgan fingerprint density at radius 3 is 2.07 bits per heavy atom. The highest BCUT2D eigenvalue weighted by molar-refractivity contribution is 5.94. The van der Waals surface area contributed by atoms with E-state index in [0.29, 0.717) is 11.5 Å². The van der Waals surface area contributed by atoms with Gasteiger partial charge in [-0.15, -0.1) is 0 Å². The van der Waals surface area contributed by atoms with Crippen LogP contribution in [0.25, 0.3) is 10.9 Å². The molecule has 0 aliphatic carbocycles. The molecule has 2 aromatic carbocycles. The maximum Gasteiger partial charge on any atom is 0.252 e. The fraction of sp³-hybridized carbons (Fsp3) is 0.318. The molecular formula is C22H25N3O3. The third-order valence-corrected chi connectivity index (χ3v) is 5.47. The van der Waals surface area contributed by atoms with Crippen molar-refractivity contribution >= 4 is 22.3 Å². The molecule has 0 unspecified atom stereocenters. The van der Waals surface area contributed by atoms with Gasteiger partial charge in [-0.05, 0) is 18.2 Å². The molecule has 0 amide bonds. The van der Waals surface area contributed by atoms with Gasteiger partial charge in [-0.3, -0.25) is 4.79 Å². The number of aryl methyl sites for hydroxylation is 1. The maximum atomic E-state index is 12.6. The molecule has 6 heteroatoms. The number of fused-ring (bicyclic) bond motifs is 1. The molecule has 1 aliphatic rings. The molecule has 0 saturated carbocycles. The zero-order chi connectivity index (χ0) is 19.7. The predicted molar refractivity (Wildman–Crippen MR) is 113 cm³/mol. The van der Waals surface area contributed by atoms with Crippen molar-refractivity contribution in [2.75, 3.05) is 50.2 Å². The van der Waals surface area contributed by atoms with Crippen molar-refractivity contribution in [2.45, 2.75) is 0 Å². The first-order chi connectivity index (χ1) is 13.6. The van der Waals surface area contributed by atoms with E-state index < -0.39 is 0 Å². The zero-order valence-corrected chi connectivity index (χ0v) is 16.5. The summed E-state index contributed by atoms with van der Waals surface area (Å²) in [6.07, 6.45) is 0. The first-order valence-electron chi connectivity index (χ1n) is 9.43. The van der Waals surface area contributed by atoms with Crippen LogP contribution in [0.3, 0.4) is 0 Å². The van der Waals surface area contributed by atoms with Crippen LogP contribution >= 0.6 is 0 Å². The Labute approximate surface area is 164 Å². The lowest BCUT2D eigenvalue weighted by Crippen LogP contribution is -2.47. The third kappa shape index (κ3) is 3.15. The molecule has 4 rings (SSSR count). The van der Waals surface area contributed by atoms with Gasteiger partial charge in [0.25, 0.3) is 5.56 Å². The number of piperazine rings is 1. The van der Waals surface area contributed by atoms with Crippen LogP contribution in [0.4, 0.5) is 11.4 Å². The molecule has 3 aromatic rings. The van der Waals surface area contributed by atoms with E-state index in [1.54, 1.807) is 31.9 Å². The van der Waals surface area contributed by atoms with Gasteiger partial charge in [-0.1, -0.05) is 18.2 Å². The summed E-state index contributed by atoms with van der Waals surface area (Å²) < 4.78 is 12.6. The summed E-state index contributed by atoms with van der Waals surface area (Å²) in [5, 5.41) is 0.993. The lowest BCUT2D eigenvalue weighted by Gasteiger charge is -2.38. The van der Waals surface area contributed by atoms with Crippen LogP contribution in [0.1, 0.15) is 0 Å². The second kappa shape index (κ2) is 7.46. The van der Waals surface area contributed by atoms with Gasteiger partial charge in [-0.2, -0.15) is 0 Å². The van der Waals surface area contributed by atoms with Crippen LogP contribution in [-0.4, -0.2) is 45.0 Å². The quantitative estimate of drug-likeness (QED) is 0.698. The molecule has 0 N–H and O–H groups in total. The number of rotatable bonds is 4. The summed E-state index contributed by atoms with van der Waals surface area (Å²) in [4.78, 5) is 17.3. The van der Waals surface area contributed by atoms with Gasteiger partial charge in [0.15, 0.2) is 11.5 Å². The Bertz CT molecular complexity index is 1040. The van der Waals surface area contributed by atoms with Crippen LogP contribution in [-0.2, 0) is 7.05 Å². The number of hydrogen-bond donors (Lipinski definition) is 0. The number of benzene rings is 2. The average Bonchev–Trinajstić information content (AvgIpc) is 2.76. The van der Waals surface area contributed by atoms with Crippen molar-refractivity contribution in [3.63, 3.8) is 0 Å². The number of aromatic nitrogens is 1. The van der Waals surface area contributed by atoms with Crippen LogP contribution in [0, 0.1) is 0 Å². The number of anilines is 2. The second-order valence-corrected chi connectivity index (χ2v) is 6.96. The molecule has 6 nitrogen and oxygen atoms in total. The van der Waals surface area contributed by atoms with Gasteiger partial charge in [-0.25, -0.2) is 0 Å². The minimum Gasteiger partial charge on any atom is -0.493 e. The number of pyridine rings is 1. The molecule has 0 atom stereocenters. The molecule has 146 valence electrons. The standard InChI is InChI=1S/C22H25N3O3/c1-23-18-14-21(28-3)20(27-2)13-17(18)19(15-22(23)26)25-11-9-24(10-12-25)16-7-5-4-6-8-16/h4-8,13-15H,9-12H2,1-3H3. The SMILES string of the molecule is COc1cc2c(N3CCN(c4ccccc4)CC3)cc(=O)n(C)c2cc1OC. The van der Waals surface area contributed by atoms with E-state index in [-0.39, 0.29) is 5.56 Å². The van der Waals surface area contributed by atoms with E-state index in [1.165, 1.54) is 5.69 Å².